The summed E-state index contributed by atoms with van der Waals surface area (Å²) < 4.78 is 19.3. The lowest BCUT2D eigenvalue weighted by molar-refractivity contribution is 0.00578. The smallest absolute Gasteiger partial charge is 0.497 e. The number of halogens is 1. The van der Waals surface area contributed by atoms with Crippen molar-refractivity contribution in [2.45, 2.75) is 38.9 Å². The Kier molecular flexibility index (Phi) is 3.52. The number of hydrogen-bond donors (Lipinski definition) is 0. The maximum absolute atomic E-state index is 6.45. The fourth-order valence-corrected chi connectivity index (χ4v) is 3.79. The highest BCUT2D eigenvalue weighted by molar-refractivity contribution is 7.24. The van der Waals surface area contributed by atoms with Crippen LogP contribution in [0.4, 0.5) is 0 Å². The SMILES string of the molecule is COc1ccc2c(B3OC(C)(C)C(C)(C)O3)c(Cl)sc2c1. The summed E-state index contributed by atoms with van der Waals surface area (Å²) in [6, 6.07) is 5.93. The second-order valence-corrected chi connectivity index (χ2v) is 7.89. The van der Waals surface area contributed by atoms with E-state index in [-0.39, 0.29) is 11.2 Å². The minimum absolute atomic E-state index is 0.373. The van der Waals surface area contributed by atoms with Gasteiger partial charge in [-0.15, -0.1) is 11.3 Å². The zero-order chi connectivity index (χ0) is 15.4. The molecule has 112 valence electrons. The van der Waals surface area contributed by atoms with E-state index in [2.05, 4.69) is 0 Å². The van der Waals surface area contributed by atoms with E-state index in [1.54, 1.807) is 7.11 Å². The molecule has 0 radical (unpaired) electrons. The largest absolute Gasteiger partial charge is 0.497 e. The van der Waals surface area contributed by atoms with E-state index in [1.807, 2.05) is 45.9 Å². The topological polar surface area (TPSA) is 27.7 Å². The van der Waals surface area contributed by atoms with Crippen molar-refractivity contribution in [3.8, 4) is 5.75 Å². The molecule has 21 heavy (non-hydrogen) atoms. The molecule has 0 bridgehead atoms. The number of thiophene rings is 1. The maximum atomic E-state index is 6.45. The van der Waals surface area contributed by atoms with Crippen LogP contribution in [0.3, 0.4) is 0 Å². The Morgan fingerprint density at radius 3 is 2.33 bits per heavy atom. The van der Waals surface area contributed by atoms with Gasteiger partial charge in [0.05, 0.1) is 22.6 Å². The molecule has 1 fully saturated rings. The average molecular weight is 325 g/mol. The Hall–Kier alpha value is -0.745. The van der Waals surface area contributed by atoms with Gasteiger partial charge in [-0.1, -0.05) is 17.7 Å². The predicted octanol–water partition coefficient (Wildman–Crippen LogP) is 3.86. The van der Waals surface area contributed by atoms with Crippen LogP contribution in [0, 0.1) is 0 Å². The Morgan fingerprint density at radius 1 is 1.14 bits per heavy atom. The summed E-state index contributed by atoms with van der Waals surface area (Å²) in [5.41, 5.74) is 0.168. The lowest BCUT2D eigenvalue weighted by Crippen LogP contribution is -2.41. The van der Waals surface area contributed by atoms with Crippen LogP contribution in [-0.4, -0.2) is 25.4 Å². The van der Waals surface area contributed by atoms with Crippen LogP contribution in [0.1, 0.15) is 27.7 Å². The van der Waals surface area contributed by atoms with E-state index in [9.17, 15) is 0 Å². The summed E-state index contributed by atoms with van der Waals surface area (Å²) in [6.45, 7) is 8.16. The molecule has 1 aromatic carbocycles. The van der Waals surface area contributed by atoms with Gasteiger partial charge in [-0.25, -0.2) is 0 Å². The van der Waals surface area contributed by atoms with Crippen LogP contribution in [0.2, 0.25) is 4.34 Å². The van der Waals surface area contributed by atoms with Crippen LogP contribution in [0.25, 0.3) is 10.1 Å². The Balaban J connectivity index is 2.08. The highest BCUT2D eigenvalue weighted by atomic mass is 35.5. The Labute approximate surface area is 134 Å². The van der Waals surface area contributed by atoms with Gasteiger partial charge in [-0.3, -0.25) is 0 Å². The van der Waals surface area contributed by atoms with Crippen molar-refractivity contribution in [3.63, 3.8) is 0 Å². The molecule has 0 atom stereocenters. The van der Waals surface area contributed by atoms with E-state index in [4.69, 9.17) is 25.6 Å². The van der Waals surface area contributed by atoms with E-state index < -0.39 is 7.12 Å². The number of methoxy groups -OCH3 is 1. The summed E-state index contributed by atoms with van der Waals surface area (Å²) in [5, 5.41) is 1.06. The van der Waals surface area contributed by atoms with E-state index >= 15 is 0 Å². The molecule has 2 aromatic rings. The van der Waals surface area contributed by atoms with Gasteiger partial charge in [0.15, 0.2) is 0 Å². The zero-order valence-corrected chi connectivity index (χ0v) is 14.4. The Bertz CT molecular complexity index is 680. The molecule has 1 aliphatic heterocycles. The second-order valence-electron chi connectivity index (χ2n) is 6.24. The highest BCUT2D eigenvalue weighted by Crippen LogP contribution is 2.39. The van der Waals surface area contributed by atoms with Crippen LogP contribution >= 0.6 is 22.9 Å². The molecule has 0 saturated carbocycles. The molecule has 0 spiro atoms. The van der Waals surface area contributed by atoms with Crippen LogP contribution in [0.5, 0.6) is 5.75 Å². The van der Waals surface area contributed by atoms with Gasteiger partial charge < -0.3 is 14.0 Å². The average Bonchev–Trinajstić information content (AvgIpc) is 2.81. The molecule has 0 N–H and O–H groups in total. The third-order valence-corrected chi connectivity index (χ3v) is 5.77. The van der Waals surface area contributed by atoms with Gasteiger partial charge >= 0.3 is 7.12 Å². The minimum Gasteiger partial charge on any atom is -0.497 e. The molecule has 0 unspecified atom stereocenters. The van der Waals surface area contributed by atoms with Gasteiger partial charge in [0.25, 0.3) is 0 Å². The highest BCUT2D eigenvalue weighted by Gasteiger charge is 2.52. The van der Waals surface area contributed by atoms with E-state index in [1.165, 1.54) is 11.3 Å². The molecular weight excluding hydrogens is 306 g/mol. The van der Waals surface area contributed by atoms with Crippen LogP contribution in [-0.2, 0) is 9.31 Å². The van der Waals surface area contributed by atoms with Crippen LogP contribution < -0.4 is 10.2 Å². The lowest BCUT2D eigenvalue weighted by atomic mass is 9.79. The van der Waals surface area contributed by atoms with Crippen molar-refractivity contribution in [1.29, 1.82) is 0 Å². The van der Waals surface area contributed by atoms with Crippen molar-refractivity contribution in [2.24, 2.45) is 0 Å². The summed E-state index contributed by atoms with van der Waals surface area (Å²) >= 11 is 7.97. The Morgan fingerprint density at radius 2 is 1.76 bits per heavy atom. The first kappa shape index (κ1) is 15.2. The molecule has 3 rings (SSSR count). The molecule has 1 aliphatic rings. The third-order valence-electron chi connectivity index (χ3n) is 4.38. The zero-order valence-electron chi connectivity index (χ0n) is 12.8. The van der Waals surface area contributed by atoms with Gasteiger partial charge in [-0.2, -0.15) is 0 Å². The number of hydrogen-bond acceptors (Lipinski definition) is 4. The normalized spacial score (nSPS) is 20.2. The van der Waals surface area contributed by atoms with Crippen molar-refractivity contribution < 1.29 is 14.0 Å². The molecule has 1 saturated heterocycles. The fraction of sp³-hybridized carbons (Fsp3) is 0.467. The van der Waals surface area contributed by atoms with Crippen molar-refractivity contribution in [1.82, 2.24) is 0 Å². The first-order valence-corrected chi connectivity index (χ1v) is 8.06. The van der Waals surface area contributed by atoms with E-state index in [0.29, 0.717) is 4.34 Å². The number of ether oxygens (including phenoxy) is 1. The molecule has 3 nitrogen and oxygen atoms in total. The maximum Gasteiger partial charge on any atom is 0.497 e. The summed E-state index contributed by atoms with van der Waals surface area (Å²) in [6.07, 6.45) is 0. The number of rotatable bonds is 2. The first-order chi connectivity index (χ1) is 9.75. The summed E-state index contributed by atoms with van der Waals surface area (Å²) in [7, 11) is 1.22. The number of fused-ring (bicyclic) bond motifs is 1. The minimum atomic E-state index is -0.440. The molecule has 0 aliphatic carbocycles. The summed E-state index contributed by atoms with van der Waals surface area (Å²) in [4.78, 5) is 0. The lowest BCUT2D eigenvalue weighted by Gasteiger charge is -2.32. The number of benzene rings is 1. The van der Waals surface area contributed by atoms with Crippen LogP contribution in [0.15, 0.2) is 18.2 Å². The van der Waals surface area contributed by atoms with Crippen molar-refractivity contribution in [2.75, 3.05) is 7.11 Å². The van der Waals surface area contributed by atoms with E-state index in [0.717, 1.165) is 21.3 Å². The second kappa shape index (κ2) is 4.88. The third kappa shape index (κ3) is 2.36. The van der Waals surface area contributed by atoms with Gasteiger partial charge in [0.2, 0.25) is 0 Å². The van der Waals surface area contributed by atoms with Crippen molar-refractivity contribution >= 4 is 45.6 Å². The van der Waals surface area contributed by atoms with Gasteiger partial charge in [0, 0.05) is 10.2 Å². The molecule has 2 heterocycles. The summed E-state index contributed by atoms with van der Waals surface area (Å²) in [5.74, 6) is 0.820. The van der Waals surface area contributed by atoms with Gasteiger partial charge in [-0.05, 0) is 45.2 Å². The molecular formula is C15H18BClO3S. The molecule has 0 amide bonds. The molecule has 1 aromatic heterocycles. The molecule has 6 heteroatoms. The quantitative estimate of drug-likeness (QED) is 0.785. The fourth-order valence-electron chi connectivity index (χ4n) is 2.37. The standard InChI is InChI=1S/C15H18BClO3S/c1-14(2)15(3,4)20-16(19-14)12-10-7-6-9(18-5)8-11(10)21-13(12)17/h6-8H,1-5H3. The predicted molar refractivity (Wildman–Crippen MR) is 89.1 cm³/mol. The van der Waals surface area contributed by atoms with Crippen molar-refractivity contribution in [3.05, 3.63) is 22.5 Å². The van der Waals surface area contributed by atoms with Gasteiger partial charge in [0.1, 0.15) is 5.75 Å². The monoisotopic (exact) mass is 324 g/mol. The first-order valence-electron chi connectivity index (χ1n) is 6.87.